The van der Waals surface area contributed by atoms with Crippen LogP contribution in [0, 0.1) is 0 Å². The molecule has 0 saturated heterocycles. The molecule has 2 N–H and O–H groups in total. The van der Waals surface area contributed by atoms with Crippen molar-refractivity contribution >= 4 is 11.8 Å². The van der Waals surface area contributed by atoms with Gasteiger partial charge in [-0.2, -0.15) is 0 Å². The highest BCUT2D eigenvalue weighted by atomic mass is 16.5. The van der Waals surface area contributed by atoms with Crippen LogP contribution in [0.25, 0.3) is 11.1 Å². The third kappa shape index (κ3) is 3.21. The highest BCUT2D eigenvalue weighted by Gasteiger charge is 2.29. The summed E-state index contributed by atoms with van der Waals surface area (Å²) in [7, 11) is 1.52. The number of ether oxygens (including phenoxy) is 2. The number of aliphatic hydroxyl groups excluding tert-OH is 1. The van der Waals surface area contributed by atoms with E-state index in [1.54, 1.807) is 18.2 Å². The molecule has 0 aliphatic heterocycles. The first-order chi connectivity index (χ1) is 13.7. The summed E-state index contributed by atoms with van der Waals surface area (Å²) >= 11 is 0. The number of fused-ring (bicyclic) bond motifs is 3. The number of nitrogens with one attached hydrogen (secondary N) is 1. The van der Waals surface area contributed by atoms with Gasteiger partial charge in [-0.25, -0.2) is 4.79 Å². The summed E-state index contributed by atoms with van der Waals surface area (Å²) in [5.74, 6) is 0.514. The lowest BCUT2D eigenvalue weighted by atomic mass is 9.98. The van der Waals surface area contributed by atoms with Gasteiger partial charge in [0.05, 0.1) is 19.4 Å². The largest absolute Gasteiger partial charge is 0.496 e. The van der Waals surface area contributed by atoms with Gasteiger partial charge in [0.25, 0.3) is 0 Å². The Morgan fingerprint density at radius 1 is 0.964 bits per heavy atom. The third-order valence-corrected chi connectivity index (χ3v) is 5.09. The molecule has 4 rings (SSSR count). The van der Waals surface area contributed by atoms with Crippen molar-refractivity contribution in [1.82, 2.24) is 0 Å². The molecule has 1 amide bonds. The van der Waals surface area contributed by atoms with E-state index in [0.717, 1.165) is 11.1 Å². The molecule has 1 aliphatic carbocycles. The fraction of sp³-hybridized carbons (Fsp3) is 0.174. The molecule has 0 saturated carbocycles. The first-order valence-corrected chi connectivity index (χ1v) is 9.11. The summed E-state index contributed by atoms with van der Waals surface area (Å²) in [6.45, 7) is -0.0126. The Morgan fingerprint density at radius 3 is 2.21 bits per heavy atom. The SMILES string of the molecule is COc1cccc(NC(=O)OCC2c3ccccc3-c3ccccc32)c1CO. The lowest BCUT2D eigenvalue weighted by Gasteiger charge is -2.16. The molecule has 0 radical (unpaired) electrons. The molecule has 0 unspecified atom stereocenters. The van der Waals surface area contributed by atoms with Gasteiger partial charge >= 0.3 is 6.09 Å². The van der Waals surface area contributed by atoms with Crippen molar-refractivity contribution in [2.75, 3.05) is 19.0 Å². The number of aliphatic hydroxyl groups is 1. The van der Waals surface area contributed by atoms with Crippen LogP contribution in [0.4, 0.5) is 10.5 Å². The van der Waals surface area contributed by atoms with Crippen molar-refractivity contribution in [3.8, 4) is 16.9 Å². The summed E-state index contributed by atoms with van der Waals surface area (Å²) in [5, 5.41) is 12.3. The number of methoxy groups -OCH3 is 1. The maximum absolute atomic E-state index is 12.4. The molecule has 0 spiro atoms. The normalized spacial score (nSPS) is 12.2. The van der Waals surface area contributed by atoms with Gasteiger partial charge in [0.15, 0.2) is 0 Å². The van der Waals surface area contributed by atoms with Gasteiger partial charge in [-0.05, 0) is 34.4 Å². The third-order valence-electron chi connectivity index (χ3n) is 5.09. The predicted octanol–water partition coefficient (Wildman–Crippen LogP) is 4.55. The van der Waals surface area contributed by atoms with Crippen LogP contribution in [0.5, 0.6) is 5.75 Å². The van der Waals surface area contributed by atoms with E-state index in [-0.39, 0.29) is 19.1 Å². The van der Waals surface area contributed by atoms with Crippen molar-refractivity contribution < 1.29 is 19.4 Å². The van der Waals surface area contributed by atoms with Gasteiger partial charge in [0.1, 0.15) is 12.4 Å². The van der Waals surface area contributed by atoms with E-state index < -0.39 is 6.09 Å². The zero-order chi connectivity index (χ0) is 19.5. The fourth-order valence-electron chi connectivity index (χ4n) is 3.78. The molecule has 1 aliphatic rings. The lowest BCUT2D eigenvalue weighted by Crippen LogP contribution is -2.18. The van der Waals surface area contributed by atoms with E-state index in [0.29, 0.717) is 17.0 Å². The lowest BCUT2D eigenvalue weighted by molar-refractivity contribution is 0.158. The Bertz CT molecular complexity index is 969. The minimum atomic E-state index is -0.565. The molecule has 142 valence electrons. The molecule has 0 aromatic heterocycles. The van der Waals surface area contributed by atoms with Gasteiger partial charge in [-0.3, -0.25) is 5.32 Å². The smallest absolute Gasteiger partial charge is 0.411 e. The molecule has 0 fully saturated rings. The zero-order valence-electron chi connectivity index (χ0n) is 15.5. The Balaban J connectivity index is 1.51. The summed E-state index contributed by atoms with van der Waals surface area (Å²) in [5.41, 5.74) is 5.67. The van der Waals surface area contributed by atoms with Crippen LogP contribution in [0.15, 0.2) is 66.7 Å². The highest BCUT2D eigenvalue weighted by molar-refractivity contribution is 5.86. The number of hydrogen-bond acceptors (Lipinski definition) is 4. The van der Waals surface area contributed by atoms with Gasteiger partial charge in [0.2, 0.25) is 0 Å². The topological polar surface area (TPSA) is 67.8 Å². The number of hydrogen-bond donors (Lipinski definition) is 2. The van der Waals surface area contributed by atoms with Gasteiger partial charge in [-0.1, -0.05) is 54.6 Å². The van der Waals surface area contributed by atoms with Gasteiger partial charge in [-0.15, -0.1) is 0 Å². The standard InChI is InChI=1S/C23H21NO4/c1-27-22-12-6-11-21(19(22)13-25)24-23(26)28-14-20-17-9-4-2-7-15(17)16-8-3-5-10-18(16)20/h2-12,20,25H,13-14H2,1H3,(H,24,26). The average Bonchev–Trinajstić information content (AvgIpc) is 3.06. The molecule has 0 heterocycles. The van der Waals surface area contributed by atoms with Crippen LogP contribution in [-0.2, 0) is 11.3 Å². The molecule has 3 aromatic carbocycles. The van der Waals surface area contributed by atoms with Crippen LogP contribution in [0.3, 0.4) is 0 Å². The summed E-state index contributed by atoms with van der Waals surface area (Å²) < 4.78 is 10.8. The first-order valence-electron chi connectivity index (χ1n) is 9.11. The second-order valence-electron chi connectivity index (χ2n) is 6.60. The minimum Gasteiger partial charge on any atom is -0.496 e. The molecular formula is C23H21NO4. The first kappa shape index (κ1) is 18.1. The number of benzene rings is 3. The summed E-state index contributed by atoms with van der Waals surface area (Å²) in [4.78, 5) is 12.4. The molecule has 0 atom stereocenters. The molecule has 28 heavy (non-hydrogen) atoms. The Kier molecular flexibility index (Phi) is 5.00. The van der Waals surface area contributed by atoms with Gasteiger partial charge < -0.3 is 14.6 Å². The van der Waals surface area contributed by atoms with E-state index in [4.69, 9.17) is 9.47 Å². The monoisotopic (exact) mass is 375 g/mol. The molecule has 5 heteroatoms. The van der Waals surface area contributed by atoms with E-state index in [9.17, 15) is 9.90 Å². The minimum absolute atomic E-state index is 0.000715. The van der Waals surface area contributed by atoms with Crippen LogP contribution in [0.1, 0.15) is 22.6 Å². The van der Waals surface area contributed by atoms with E-state index in [1.165, 1.54) is 18.2 Å². The van der Waals surface area contributed by atoms with Crippen molar-refractivity contribution in [2.45, 2.75) is 12.5 Å². The van der Waals surface area contributed by atoms with Crippen LogP contribution in [-0.4, -0.2) is 24.9 Å². The molecule has 5 nitrogen and oxygen atoms in total. The second kappa shape index (κ2) is 7.74. The van der Waals surface area contributed by atoms with Crippen LogP contribution >= 0.6 is 0 Å². The quantitative estimate of drug-likeness (QED) is 0.687. The number of rotatable bonds is 5. The van der Waals surface area contributed by atoms with E-state index in [2.05, 4.69) is 29.6 Å². The second-order valence-corrected chi connectivity index (χ2v) is 6.60. The zero-order valence-corrected chi connectivity index (χ0v) is 15.5. The predicted molar refractivity (Wildman–Crippen MR) is 108 cm³/mol. The van der Waals surface area contributed by atoms with Crippen molar-refractivity contribution in [3.63, 3.8) is 0 Å². The maximum Gasteiger partial charge on any atom is 0.411 e. The number of carbonyl (C=O) groups is 1. The number of anilines is 1. The van der Waals surface area contributed by atoms with Gasteiger partial charge in [0, 0.05) is 11.5 Å². The number of amides is 1. The highest BCUT2D eigenvalue weighted by Crippen LogP contribution is 2.44. The number of carbonyl (C=O) groups excluding carboxylic acids is 1. The summed E-state index contributed by atoms with van der Waals surface area (Å²) in [6.07, 6.45) is -0.565. The maximum atomic E-state index is 12.4. The van der Waals surface area contributed by atoms with E-state index in [1.807, 2.05) is 24.3 Å². The average molecular weight is 375 g/mol. The van der Waals surface area contributed by atoms with Crippen LogP contribution < -0.4 is 10.1 Å². The molecular weight excluding hydrogens is 354 g/mol. The summed E-state index contributed by atoms with van der Waals surface area (Å²) in [6, 6.07) is 21.6. The van der Waals surface area contributed by atoms with Crippen molar-refractivity contribution in [1.29, 1.82) is 0 Å². The Labute approximate surface area is 163 Å². The Hall–Kier alpha value is -3.31. The van der Waals surface area contributed by atoms with Crippen molar-refractivity contribution in [3.05, 3.63) is 83.4 Å². The van der Waals surface area contributed by atoms with Crippen molar-refractivity contribution in [2.24, 2.45) is 0 Å². The van der Waals surface area contributed by atoms with E-state index >= 15 is 0 Å². The fourth-order valence-corrected chi connectivity index (χ4v) is 3.78. The Morgan fingerprint density at radius 2 is 1.61 bits per heavy atom. The molecule has 3 aromatic rings. The molecule has 0 bridgehead atoms. The van der Waals surface area contributed by atoms with Crippen LogP contribution in [0.2, 0.25) is 0 Å².